The molecule has 11 heteroatoms. The number of piperidine rings is 1. The fourth-order valence-corrected chi connectivity index (χ4v) is 5.40. The van der Waals surface area contributed by atoms with Crippen LogP contribution in [0.1, 0.15) is 59.0 Å². The van der Waals surface area contributed by atoms with Crippen LogP contribution >= 0.6 is 22.9 Å². The van der Waals surface area contributed by atoms with Gasteiger partial charge in [0.2, 0.25) is 0 Å². The average Bonchev–Trinajstić information content (AvgIpc) is 3.48. The smallest absolute Gasteiger partial charge is 0.350 e. The van der Waals surface area contributed by atoms with Crippen LogP contribution in [0.4, 0.5) is 5.13 Å². The molecule has 1 aliphatic heterocycles. The van der Waals surface area contributed by atoms with Crippen LogP contribution in [0.2, 0.25) is 5.02 Å². The van der Waals surface area contributed by atoms with Gasteiger partial charge in [0.1, 0.15) is 16.3 Å². The van der Waals surface area contributed by atoms with E-state index in [1.54, 1.807) is 31.6 Å². The third-order valence-corrected chi connectivity index (χ3v) is 7.57. The third-order valence-electron chi connectivity index (χ3n) is 6.08. The molecule has 9 nitrogen and oxygen atoms in total. The van der Waals surface area contributed by atoms with Crippen molar-refractivity contribution in [2.24, 2.45) is 5.92 Å². The Bertz CT molecular complexity index is 1180. The zero-order valence-corrected chi connectivity index (χ0v) is 22.2. The van der Waals surface area contributed by atoms with Crippen LogP contribution in [0.3, 0.4) is 0 Å². The molecule has 1 N–H and O–H groups in total. The summed E-state index contributed by atoms with van der Waals surface area (Å²) in [5.74, 6) is -0.343. The molecule has 1 aliphatic rings. The van der Waals surface area contributed by atoms with E-state index in [1.807, 2.05) is 6.92 Å². The topological polar surface area (TPSA) is 110 Å². The molecule has 2 atom stereocenters. The molecule has 0 bridgehead atoms. The number of anilines is 1. The SMILES string of the molecule is CCCO[C@H]1CN(c2nc(-c3cnccn3)c(C(=O)OCC)s2)CC[C@H]1CC(=O)c1cc(Cl)c(C)[nH]1. The Hall–Kier alpha value is -2.82. The standard InChI is InChI=1S/C25H30ClN5O4S/c1-4-10-35-21-14-31(9-6-16(21)11-20(32)18-12-17(26)15(3)29-18)25-30-22(19-13-27-7-8-28-19)23(36-25)24(33)34-5-2/h7-8,12-13,16,21,29H,4-6,9-11,14H2,1-3H3/t16-,21-/m0/s1. The van der Waals surface area contributed by atoms with Crippen LogP contribution in [-0.4, -0.2) is 64.1 Å². The van der Waals surface area contributed by atoms with Gasteiger partial charge in [-0.3, -0.25) is 14.8 Å². The summed E-state index contributed by atoms with van der Waals surface area (Å²) in [6, 6.07) is 1.69. The summed E-state index contributed by atoms with van der Waals surface area (Å²) in [5, 5.41) is 1.26. The highest BCUT2D eigenvalue weighted by Gasteiger charge is 2.34. The number of halogens is 1. The molecule has 4 heterocycles. The lowest BCUT2D eigenvalue weighted by atomic mass is 9.88. The molecule has 1 saturated heterocycles. The van der Waals surface area contributed by atoms with E-state index in [9.17, 15) is 9.59 Å². The van der Waals surface area contributed by atoms with E-state index >= 15 is 0 Å². The van der Waals surface area contributed by atoms with Crippen molar-refractivity contribution in [3.05, 3.63) is 45.9 Å². The molecule has 3 aromatic heterocycles. The summed E-state index contributed by atoms with van der Waals surface area (Å²) in [4.78, 5) is 44.4. The zero-order valence-electron chi connectivity index (χ0n) is 20.6. The summed E-state index contributed by atoms with van der Waals surface area (Å²) < 4.78 is 11.5. The number of hydrogen-bond acceptors (Lipinski definition) is 9. The van der Waals surface area contributed by atoms with Gasteiger partial charge in [-0.2, -0.15) is 0 Å². The van der Waals surface area contributed by atoms with E-state index in [0.29, 0.717) is 58.2 Å². The number of aryl methyl sites for hydroxylation is 1. The van der Waals surface area contributed by atoms with Crippen molar-refractivity contribution >= 4 is 39.8 Å². The third kappa shape index (κ3) is 5.93. The number of aromatic amines is 1. The van der Waals surface area contributed by atoms with Gasteiger partial charge in [0, 0.05) is 44.2 Å². The minimum Gasteiger partial charge on any atom is -0.462 e. The number of thiazole rings is 1. The molecule has 0 saturated carbocycles. The number of carbonyl (C=O) groups is 2. The Kier molecular flexibility index (Phi) is 8.71. The molecule has 3 aromatic rings. The monoisotopic (exact) mass is 531 g/mol. The molecule has 0 unspecified atom stereocenters. The van der Waals surface area contributed by atoms with E-state index in [4.69, 9.17) is 26.1 Å². The van der Waals surface area contributed by atoms with Gasteiger partial charge in [-0.05, 0) is 38.7 Å². The summed E-state index contributed by atoms with van der Waals surface area (Å²) in [6.07, 6.45) is 6.58. The van der Waals surface area contributed by atoms with Crippen molar-refractivity contribution in [2.75, 3.05) is 31.2 Å². The van der Waals surface area contributed by atoms with Crippen LogP contribution in [0, 0.1) is 12.8 Å². The number of H-pyrrole nitrogens is 1. The molecule has 0 aromatic carbocycles. The molecular formula is C25H30ClN5O4S. The molecule has 0 spiro atoms. The molecule has 4 rings (SSSR count). The number of hydrogen-bond donors (Lipinski definition) is 1. The van der Waals surface area contributed by atoms with Gasteiger partial charge < -0.3 is 19.4 Å². The number of ether oxygens (including phenoxy) is 2. The highest BCUT2D eigenvalue weighted by Crippen LogP contribution is 2.36. The fraction of sp³-hybridized carbons (Fsp3) is 0.480. The summed E-state index contributed by atoms with van der Waals surface area (Å²) in [5.41, 5.74) is 2.29. The highest BCUT2D eigenvalue weighted by molar-refractivity contribution is 7.17. The van der Waals surface area contributed by atoms with Crippen LogP contribution < -0.4 is 4.90 Å². The maximum Gasteiger partial charge on any atom is 0.350 e. The second-order valence-corrected chi connectivity index (χ2v) is 10.1. The zero-order chi connectivity index (χ0) is 25.7. The van der Waals surface area contributed by atoms with Gasteiger partial charge >= 0.3 is 5.97 Å². The van der Waals surface area contributed by atoms with Crippen LogP contribution in [0.15, 0.2) is 24.7 Å². The maximum absolute atomic E-state index is 13.0. The van der Waals surface area contributed by atoms with E-state index in [0.717, 1.165) is 18.5 Å². The molecule has 1 fully saturated rings. The molecule has 0 aliphatic carbocycles. The van der Waals surface area contributed by atoms with E-state index in [1.165, 1.54) is 11.3 Å². The van der Waals surface area contributed by atoms with Crippen LogP contribution in [0.25, 0.3) is 11.4 Å². The number of nitrogens with zero attached hydrogens (tertiary/aromatic N) is 4. The molecule has 36 heavy (non-hydrogen) atoms. The predicted octanol–water partition coefficient (Wildman–Crippen LogP) is 4.96. The number of nitrogens with one attached hydrogen (secondary N) is 1. The largest absolute Gasteiger partial charge is 0.462 e. The normalized spacial score (nSPS) is 17.8. The fourth-order valence-electron chi connectivity index (χ4n) is 4.24. The highest BCUT2D eigenvalue weighted by atomic mass is 35.5. The number of rotatable bonds is 10. The Balaban J connectivity index is 1.55. The van der Waals surface area contributed by atoms with Gasteiger partial charge in [-0.25, -0.2) is 9.78 Å². The van der Waals surface area contributed by atoms with Gasteiger partial charge in [-0.1, -0.05) is 29.9 Å². The first-order valence-corrected chi connectivity index (χ1v) is 13.3. The number of aromatic nitrogens is 4. The lowest BCUT2D eigenvalue weighted by Crippen LogP contribution is -2.46. The first kappa shape index (κ1) is 26.2. The van der Waals surface area contributed by atoms with Crippen molar-refractivity contribution in [1.82, 2.24) is 19.9 Å². The number of esters is 1. The van der Waals surface area contributed by atoms with Crippen molar-refractivity contribution < 1.29 is 19.1 Å². The van der Waals surface area contributed by atoms with Crippen molar-refractivity contribution in [2.45, 2.75) is 46.1 Å². The molecule has 0 radical (unpaired) electrons. The molecule has 192 valence electrons. The quantitative estimate of drug-likeness (QED) is 0.288. The van der Waals surface area contributed by atoms with Gasteiger partial charge in [0.05, 0.1) is 29.6 Å². The van der Waals surface area contributed by atoms with E-state index in [-0.39, 0.29) is 24.4 Å². The van der Waals surface area contributed by atoms with Crippen molar-refractivity contribution in [3.63, 3.8) is 0 Å². The lowest BCUT2D eigenvalue weighted by molar-refractivity contribution is 0.00383. The first-order chi connectivity index (χ1) is 17.4. The summed E-state index contributed by atoms with van der Waals surface area (Å²) in [7, 11) is 0. The predicted molar refractivity (Wildman–Crippen MR) is 139 cm³/mol. The Morgan fingerprint density at radius 3 is 2.81 bits per heavy atom. The molecule has 0 amide bonds. The number of carbonyl (C=O) groups excluding carboxylic acids is 2. The van der Waals surface area contributed by atoms with E-state index in [2.05, 4.69) is 26.8 Å². The van der Waals surface area contributed by atoms with Gasteiger partial charge in [-0.15, -0.1) is 0 Å². The second-order valence-electron chi connectivity index (χ2n) is 8.67. The second kappa shape index (κ2) is 11.9. The summed E-state index contributed by atoms with van der Waals surface area (Å²) >= 11 is 7.42. The first-order valence-electron chi connectivity index (χ1n) is 12.1. The summed E-state index contributed by atoms with van der Waals surface area (Å²) in [6.45, 7) is 7.80. The lowest BCUT2D eigenvalue weighted by Gasteiger charge is -2.38. The van der Waals surface area contributed by atoms with Crippen LogP contribution in [0.5, 0.6) is 0 Å². The number of Topliss-reactive ketones (excluding diaryl/α,β-unsaturated/α-hetero) is 1. The van der Waals surface area contributed by atoms with Gasteiger partial charge in [0.25, 0.3) is 0 Å². The Morgan fingerprint density at radius 1 is 1.31 bits per heavy atom. The Labute approximate surface area is 219 Å². The van der Waals surface area contributed by atoms with Crippen molar-refractivity contribution in [3.8, 4) is 11.4 Å². The maximum atomic E-state index is 13.0. The number of ketones is 1. The van der Waals surface area contributed by atoms with Crippen molar-refractivity contribution in [1.29, 1.82) is 0 Å². The van der Waals surface area contributed by atoms with Gasteiger partial charge in [0.15, 0.2) is 10.9 Å². The van der Waals surface area contributed by atoms with E-state index < -0.39 is 5.97 Å². The average molecular weight is 532 g/mol. The molecular weight excluding hydrogens is 502 g/mol. The minimum absolute atomic E-state index is 0.0253. The Morgan fingerprint density at radius 2 is 2.14 bits per heavy atom. The minimum atomic E-state index is -0.430. The van der Waals surface area contributed by atoms with Crippen LogP contribution in [-0.2, 0) is 9.47 Å².